The van der Waals surface area contributed by atoms with Crippen LogP contribution >= 0.6 is 0 Å². The number of amides is 1. The monoisotopic (exact) mass is 420 g/mol. The summed E-state index contributed by atoms with van der Waals surface area (Å²) in [6, 6.07) is 7.43. The van der Waals surface area contributed by atoms with Gasteiger partial charge in [-0.15, -0.1) is 0 Å². The fraction of sp³-hybridized carbons (Fsp3) is 0.423. The molecule has 0 bridgehead atoms. The predicted molar refractivity (Wildman–Crippen MR) is 120 cm³/mol. The van der Waals surface area contributed by atoms with Gasteiger partial charge in [0.2, 0.25) is 5.91 Å². The largest absolute Gasteiger partial charge is 0.390 e. The lowest BCUT2D eigenvalue weighted by Gasteiger charge is -2.33. The zero-order valence-corrected chi connectivity index (χ0v) is 18.1. The average Bonchev–Trinajstić information content (AvgIpc) is 3.11. The lowest BCUT2D eigenvalue weighted by molar-refractivity contribution is 0.0123. The highest BCUT2D eigenvalue weighted by Crippen LogP contribution is 2.51. The molecule has 2 aromatic rings. The van der Waals surface area contributed by atoms with Crippen molar-refractivity contribution < 1.29 is 14.3 Å². The van der Waals surface area contributed by atoms with E-state index >= 15 is 4.39 Å². The number of nitrogens with two attached hydrogens (primary N) is 1. The van der Waals surface area contributed by atoms with E-state index in [0.29, 0.717) is 12.0 Å². The summed E-state index contributed by atoms with van der Waals surface area (Å²) in [5.41, 5.74) is 13.2. The molecule has 4 nitrogen and oxygen atoms in total. The molecule has 1 atom stereocenters. The molecule has 162 valence electrons. The number of aliphatic hydroxyl groups is 1. The summed E-state index contributed by atoms with van der Waals surface area (Å²) >= 11 is 0. The lowest BCUT2D eigenvalue weighted by Crippen LogP contribution is -2.32. The second-order valence-corrected chi connectivity index (χ2v) is 9.72. The Balaban J connectivity index is 1.73. The van der Waals surface area contributed by atoms with Crippen molar-refractivity contribution in [3.63, 3.8) is 0 Å². The quantitative estimate of drug-likeness (QED) is 0.699. The molecule has 5 rings (SSSR count). The third kappa shape index (κ3) is 3.31. The zero-order chi connectivity index (χ0) is 21.9. The summed E-state index contributed by atoms with van der Waals surface area (Å²) in [6.45, 7) is 5.37. The number of halogens is 1. The number of rotatable bonds is 3. The summed E-state index contributed by atoms with van der Waals surface area (Å²) in [4.78, 5) is 12.2. The number of primary amides is 1. The molecule has 0 aromatic heterocycles. The van der Waals surface area contributed by atoms with E-state index in [0.717, 1.165) is 61.0 Å². The van der Waals surface area contributed by atoms with Gasteiger partial charge in [-0.2, -0.15) is 0 Å². The highest BCUT2D eigenvalue weighted by atomic mass is 19.1. The fourth-order valence-corrected chi connectivity index (χ4v) is 5.77. The smallest absolute Gasteiger partial charge is 0.249 e. The van der Waals surface area contributed by atoms with Gasteiger partial charge >= 0.3 is 0 Å². The van der Waals surface area contributed by atoms with Crippen molar-refractivity contribution in [2.24, 2.45) is 11.7 Å². The zero-order valence-electron chi connectivity index (χ0n) is 18.1. The third-order valence-electron chi connectivity index (χ3n) is 7.42. The van der Waals surface area contributed by atoms with Crippen LogP contribution in [0.5, 0.6) is 0 Å². The summed E-state index contributed by atoms with van der Waals surface area (Å²) in [6.07, 6.45) is 3.86. The van der Waals surface area contributed by atoms with Gasteiger partial charge in [-0.05, 0) is 97.9 Å². The first-order valence-corrected chi connectivity index (χ1v) is 11.2. The van der Waals surface area contributed by atoms with Crippen LogP contribution in [0.25, 0.3) is 16.7 Å². The van der Waals surface area contributed by atoms with E-state index in [1.807, 2.05) is 26.0 Å². The molecular weight excluding hydrogens is 391 g/mol. The first-order chi connectivity index (χ1) is 14.8. The van der Waals surface area contributed by atoms with Crippen LogP contribution in [0.2, 0.25) is 0 Å². The molecule has 0 radical (unpaired) electrons. The Morgan fingerprint density at radius 2 is 2.03 bits per heavy atom. The number of hydrogen-bond acceptors (Lipinski definition) is 3. The van der Waals surface area contributed by atoms with Gasteiger partial charge in [0.05, 0.1) is 5.60 Å². The van der Waals surface area contributed by atoms with Gasteiger partial charge in [-0.25, -0.2) is 4.39 Å². The van der Waals surface area contributed by atoms with E-state index in [2.05, 4.69) is 11.4 Å². The SMILES string of the molecule is CC(C)(O)[C@H]1CCC2=C(Cc3c(C(N)=O)cc(F)c(-c4cccc5c4CCNC5)c32)C1. The summed E-state index contributed by atoms with van der Waals surface area (Å²) in [5, 5.41) is 14.0. The van der Waals surface area contributed by atoms with Gasteiger partial charge < -0.3 is 16.2 Å². The summed E-state index contributed by atoms with van der Waals surface area (Å²) < 4.78 is 15.7. The molecule has 0 spiro atoms. The highest BCUT2D eigenvalue weighted by Gasteiger charge is 2.38. The second-order valence-electron chi connectivity index (χ2n) is 9.72. The maximum atomic E-state index is 15.7. The number of benzene rings is 2. The standard InChI is InChI=1S/C26H29FN2O2/c1-26(2,31)16-6-7-18-15(10-16)11-20-21(25(28)30)12-22(27)24(23(18)20)19-5-3-4-14-13-29-9-8-17(14)19/h3-5,12,16,29,31H,6-11,13H2,1-2H3,(H2,28,30)/t16-/m0/s1. The third-order valence-corrected chi connectivity index (χ3v) is 7.42. The number of fused-ring (bicyclic) bond motifs is 3. The Labute approximate surface area is 182 Å². The van der Waals surface area contributed by atoms with Gasteiger partial charge in [0.15, 0.2) is 0 Å². The van der Waals surface area contributed by atoms with Crippen molar-refractivity contribution in [2.45, 2.75) is 58.1 Å². The number of allylic oxidation sites excluding steroid dienone is 2. The van der Waals surface area contributed by atoms with E-state index in [-0.39, 0.29) is 17.3 Å². The van der Waals surface area contributed by atoms with Crippen LogP contribution in [0.3, 0.4) is 0 Å². The van der Waals surface area contributed by atoms with Gasteiger partial charge in [-0.1, -0.05) is 23.8 Å². The maximum Gasteiger partial charge on any atom is 0.249 e. The number of carbonyl (C=O) groups is 1. The number of hydrogen-bond donors (Lipinski definition) is 3. The van der Waals surface area contributed by atoms with Gasteiger partial charge in [0.25, 0.3) is 0 Å². The van der Waals surface area contributed by atoms with E-state index in [1.165, 1.54) is 22.8 Å². The molecule has 0 saturated carbocycles. The molecule has 2 aliphatic carbocycles. The van der Waals surface area contributed by atoms with Crippen molar-refractivity contribution in [3.8, 4) is 11.1 Å². The molecule has 3 aliphatic rings. The molecule has 1 aliphatic heterocycles. The second kappa shape index (κ2) is 7.28. The first kappa shape index (κ1) is 20.4. The Morgan fingerprint density at radius 1 is 1.23 bits per heavy atom. The van der Waals surface area contributed by atoms with E-state index in [1.54, 1.807) is 0 Å². The molecule has 0 fully saturated rings. The van der Waals surface area contributed by atoms with Crippen LogP contribution in [-0.4, -0.2) is 23.2 Å². The fourth-order valence-electron chi connectivity index (χ4n) is 5.77. The maximum absolute atomic E-state index is 15.7. The Morgan fingerprint density at radius 3 is 2.77 bits per heavy atom. The van der Waals surface area contributed by atoms with Crippen LogP contribution < -0.4 is 11.1 Å². The van der Waals surface area contributed by atoms with Crippen LogP contribution in [0.1, 0.15) is 65.7 Å². The molecule has 0 unspecified atom stereocenters. The summed E-state index contributed by atoms with van der Waals surface area (Å²) in [5.74, 6) is -0.806. The van der Waals surface area contributed by atoms with E-state index in [4.69, 9.17) is 5.73 Å². The van der Waals surface area contributed by atoms with Crippen molar-refractivity contribution >= 4 is 11.5 Å². The minimum absolute atomic E-state index is 0.154. The topological polar surface area (TPSA) is 75.3 Å². The number of nitrogens with one attached hydrogen (secondary N) is 1. The van der Waals surface area contributed by atoms with Crippen LogP contribution in [-0.2, 0) is 19.4 Å². The van der Waals surface area contributed by atoms with Crippen LogP contribution in [0.15, 0.2) is 29.8 Å². The predicted octanol–water partition coefficient (Wildman–Crippen LogP) is 4.12. The highest BCUT2D eigenvalue weighted by molar-refractivity contribution is 6.00. The molecule has 0 saturated heterocycles. The first-order valence-electron chi connectivity index (χ1n) is 11.2. The molecule has 31 heavy (non-hydrogen) atoms. The van der Waals surface area contributed by atoms with E-state index < -0.39 is 11.5 Å². The van der Waals surface area contributed by atoms with Crippen molar-refractivity contribution in [1.82, 2.24) is 5.32 Å². The van der Waals surface area contributed by atoms with Gasteiger partial charge in [0, 0.05) is 17.7 Å². The molecule has 1 amide bonds. The Kier molecular flexibility index (Phi) is 4.79. The minimum atomic E-state index is -0.764. The van der Waals surface area contributed by atoms with Crippen molar-refractivity contribution in [2.75, 3.05) is 6.54 Å². The average molecular weight is 421 g/mol. The van der Waals surface area contributed by atoms with E-state index in [9.17, 15) is 9.90 Å². The normalized spacial score (nSPS) is 20.3. The molecule has 4 N–H and O–H groups in total. The Hall–Kier alpha value is -2.50. The number of carbonyl (C=O) groups excluding carboxylic acids is 1. The van der Waals surface area contributed by atoms with Crippen molar-refractivity contribution in [3.05, 3.63) is 63.5 Å². The van der Waals surface area contributed by atoms with Crippen molar-refractivity contribution in [1.29, 1.82) is 0 Å². The molecule has 1 heterocycles. The summed E-state index contributed by atoms with van der Waals surface area (Å²) in [7, 11) is 0. The van der Waals surface area contributed by atoms with Gasteiger partial charge in [-0.3, -0.25) is 4.79 Å². The molecule has 5 heteroatoms. The van der Waals surface area contributed by atoms with Gasteiger partial charge in [0.1, 0.15) is 5.82 Å². The Bertz CT molecular complexity index is 1130. The van der Waals surface area contributed by atoms with Crippen LogP contribution in [0.4, 0.5) is 4.39 Å². The minimum Gasteiger partial charge on any atom is -0.390 e. The molecule has 2 aromatic carbocycles. The van der Waals surface area contributed by atoms with Crippen LogP contribution in [0, 0.1) is 11.7 Å². The molecular formula is C26H29FN2O2. The lowest BCUT2D eigenvalue weighted by atomic mass is 9.75.